The molecule has 1 unspecified atom stereocenters. The number of para-hydroxylation sites is 1. The molecule has 0 saturated carbocycles. The molecule has 1 aliphatic rings. The van der Waals surface area contributed by atoms with Crippen LogP contribution in [-0.4, -0.2) is 20.8 Å². The second-order valence-electron chi connectivity index (χ2n) is 7.74. The molecule has 158 valence electrons. The van der Waals surface area contributed by atoms with Gasteiger partial charge in [-0.2, -0.15) is 5.10 Å². The number of anilines is 1. The van der Waals surface area contributed by atoms with E-state index in [4.69, 9.17) is 10.1 Å². The van der Waals surface area contributed by atoms with Crippen LogP contribution in [-0.2, 0) is 0 Å². The molecular weight excluding hydrogens is 464 g/mol. The lowest BCUT2D eigenvalue weighted by molar-refractivity contribution is 0.477. The molecule has 0 bridgehead atoms. The van der Waals surface area contributed by atoms with Crippen LogP contribution in [0.5, 0.6) is 5.75 Å². The van der Waals surface area contributed by atoms with E-state index in [-0.39, 0.29) is 11.8 Å². The Morgan fingerprint density at radius 2 is 1.62 bits per heavy atom. The maximum atomic E-state index is 10.3. The molecule has 1 N–H and O–H groups in total. The number of rotatable bonds is 4. The first-order valence-corrected chi connectivity index (χ1v) is 11.2. The Hall–Kier alpha value is -3.51. The monoisotopic (exact) mass is 484 g/mol. The number of aromatic hydroxyl groups is 1. The number of phenols is 1. The molecule has 4 aromatic rings. The normalized spacial score (nSPS) is 15.6. The minimum Gasteiger partial charge on any atom is -0.507 e. The van der Waals surface area contributed by atoms with E-state index in [1.165, 1.54) is 5.56 Å². The number of aryl methyl sites for hydroxylation is 1. The Labute approximate surface area is 195 Å². The molecule has 1 aromatic heterocycles. The van der Waals surface area contributed by atoms with Crippen LogP contribution in [0, 0.1) is 6.92 Å². The van der Waals surface area contributed by atoms with E-state index >= 15 is 0 Å². The summed E-state index contributed by atoms with van der Waals surface area (Å²) in [5, 5.41) is 17.3. The van der Waals surface area contributed by atoms with Crippen LogP contribution in [0.2, 0.25) is 0 Å². The third-order valence-electron chi connectivity index (χ3n) is 5.49. The van der Waals surface area contributed by atoms with Gasteiger partial charge in [0.1, 0.15) is 5.75 Å². The molecular formula is C26H21BrN4O. The van der Waals surface area contributed by atoms with E-state index in [9.17, 15) is 5.11 Å². The summed E-state index contributed by atoms with van der Waals surface area (Å²) in [5.41, 5.74) is 4.68. The summed E-state index contributed by atoms with van der Waals surface area (Å²) in [6.45, 7) is 1.93. The van der Waals surface area contributed by atoms with Crippen molar-refractivity contribution in [1.29, 1.82) is 0 Å². The summed E-state index contributed by atoms with van der Waals surface area (Å²) in [6, 6.07) is 27.6. The lowest BCUT2D eigenvalue weighted by Gasteiger charge is -2.23. The van der Waals surface area contributed by atoms with Crippen molar-refractivity contribution in [2.45, 2.75) is 19.4 Å². The van der Waals surface area contributed by atoms with Crippen LogP contribution in [0.25, 0.3) is 11.4 Å². The maximum Gasteiger partial charge on any atom is 0.165 e. The van der Waals surface area contributed by atoms with Crippen molar-refractivity contribution >= 4 is 27.5 Å². The third kappa shape index (κ3) is 4.01. The van der Waals surface area contributed by atoms with Crippen molar-refractivity contribution in [3.8, 4) is 17.1 Å². The molecule has 0 amide bonds. The van der Waals surface area contributed by atoms with Gasteiger partial charge in [0.15, 0.2) is 11.6 Å². The van der Waals surface area contributed by atoms with Crippen LogP contribution in [0.1, 0.15) is 29.3 Å². The molecule has 0 fully saturated rings. The summed E-state index contributed by atoms with van der Waals surface area (Å²) in [6.07, 6.45) is 0.765. The largest absolute Gasteiger partial charge is 0.507 e. The lowest BCUT2D eigenvalue weighted by atomic mass is 9.98. The summed E-state index contributed by atoms with van der Waals surface area (Å²) < 4.78 is 1.04. The van der Waals surface area contributed by atoms with Gasteiger partial charge in [-0.05, 0) is 42.3 Å². The molecule has 0 spiro atoms. The molecule has 0 saturated heterocycles. The van der Waals surface area contributed by atoms with Crippen LogP contribution in [0.15, 0.2) is 94.5 Å². The van der Waals surface area contributed by atoms with Gasteiger partial charge in [-0.3, -0.25) is 0 Å². The summed E-state index contributed by atoms with van der Waals surface area (Å²) in [5.74, 6) is 1.35. The Morgan fingerprint density at radius 1 is 0.906 bits per heavy atom. The van der Waals surface area contributed by atoms with E-state index in [1.54, 1.807) is 12.1 Å². The zero-order valence-corrected chi connectivity index (χ0v) is 19.1. The van der Waals surface area contributed by atoms with Gasteiger partial charge in [0, 0.05) is 22.7 Å². The SMILES string of the molecule is Cc1cc(N2N=C(c3ccc(Br)cc3)CC2c2ccccc2)nc(-c2ccccc2O)n1. The number of benzene rings is 3. The fraction of sp³-hybridized carbons (Fsp3) is 0.115. The Bertz CT molecular complexity index is 1290. The average Bonchev–Trinajstić information content (AvgIpc) is 3.26. The predicted octanol–water partition coefficient (Wildman–Crippen LogP) is 6.28. The number of halogens is 1. The molecule has 5 rings (SSSR count). The molecule has 5 nitrogen and oxygen atoms in total. The molecule has 2 heterocycles. The highest BCUT2D eigenvalue weighted by molar-refractivity contribution is 9.10. The van der Waals surface area contributed by atoms with Gasteiger partial charge in [0.05, 0.1) is 17.3 Å². The molecule has 3 aromatic carbocycles. The number of hydrazone groups is 1. The standard InChI is InChI=1S/C26H21BrN4O/c1-17-15-25(29-26(28-17)21-9-5-6-10-24(21)32)31-23(19-7-3-2-4-8-19)16-22(30-31)18-11-13-20(27)14-12-18/h2-15,23,32H,16H2,1H3. The predicted molar refractivity (Wildman–Crippen MR) is 131 cm³/mol. The smallest absolute Gasteiger partial charge is 0.165 e. The van der Waals surface area contributed by atoms with Crippen LogP contribution < -0.4 is 5.01 Å². The highest BCUT2D eigenvalue weighted by atomic mass is 79.9. The molecule has 1 atom stereocenters. The highest BCUT2D eigenvalue weighted by Gasteiger charge is 2.31. The van der Waals surface area contributed by atoms with Gasteiger partial charge in [0.2, 0.25) is 0 Å². The molecule has 6 heteroatoms. The van der Waals surface area contributed by atoms with Gasteiger partial charge < -0.3 is 5.11 Å². The number of nitrogens with zero attached hydrogens (tertiary/aromatic N) is 4. The van der Waals surface area contributed by atoms with Crippen molar-refractivity contribution in [1.82, 2.24) is 9.97 Å². The van der Waals surface area contributed by atoms with Crippen molar-refractivity contribution in [3.05, 3.63) is 106 Å². The van der Waals surface area contributed by atoms with Crippen molar-refractivity contribution in [2.24, 2.45) is 5.10 Å². The third-order valence-corrected chi connectivity index (χ3v) is 6.02. The first-order chi connectivity index (χ1) is 15.6. The van der Waals surface area contributed by atoms with Crippen LogP contribution in [0.3, 0.4) is 0 Å². The quantitative estimate of drug-likeness (QED) is 0.370. The van der Waals surface area contributed by atoms with E-state index in [0.717, 1.165) is 27.9 Å². The van der Waals surface area contributed by atoms with Gasteiger partial charge in [0.25, 0.3) is 0 Å². The van der Waals surface area contributed by atoms with Gasteiger partial charge in [-0.25, -0.2) is 15.0 Å². The van der Waals surface area contributed by atoms with E-state index in [1.807, 2.05) is 60.5 Å². The molecule has 32 heavy (non-hydrogen) atoms. The second kappa shape index (κ2) is 8.55. The number of aromatic nitrogens is 2. The van der Waals surface area contributed by atoms with E-state index in [0.29, 0.717) is 17.2 Å². The zero-order chi connectivity index (χ0) is 22.1. The first kappa shape index (κ1) is 20.4. The number of phenolic OH excluding ortho intramolecular Hbond substituents is 1. The highest BCUT2D eigenvalue weighted by Crippen LogP contribution is 2.37. The van der Waals surface area contributed by atoms with Gasteiger partial charge in [-0.1, -0.05) is 70.5 Å². The minimum atomic E-state index is 0.0152. The van der Waals surface area contributed by atoms with Crippen molar-refractivity contribution in [3.63, 3.8) is 0 Å². The van der Waals surface area contributed by atoms with Crippen molar-refractivity contribution < 1.29 is 5.11 Å². The van der Waals surface area contributed by atoms with Crippen LogP contribution >= 0.6 is 15.9 Å². The molecule has 0 aliphatic carbocycles. The van der Waals surface area contributed by atoms with Crippen molar-refractivity contribution in [2.75, 3.05) is 5.01 Å². The summed E-state index contributed by atoms with van der Waals surface area (Å²) >= 11 is 3.51. The minimum absolute atomic E-state index is 0.0152. The number of hydrogen-bond donors (Lipinski definition) is 1. The summed E-state index contributed by atoms with van der Waals surface area (Å²) in [4.78, 5) is 9.37. The first-order valence-electron chi connectivity index (χ1n) is 10.4. The fourth-order valence-electron chi connectivity index (χ4n) is 3.93. The van der Waals surface area contributed by atoms with Gasteiger partial charge >= 0.3 is 0 Å². The Balaban J connectivity index is 1.61. The van der Waals surface area contributed by atoms with E-state index < -0.39 is 0 Å². The average molecular weight is 485 g/mol. The number of hydrogen-bond acceptors (Lipinski definition) is 5. The zero-order valence-electron chi connectivity index (χ0n) is 17.5. The summed E-state index contributed by atoms with van der Waals surface area (Å²) in [7, 11) is 0. The second-order valence-corrected chi connectivity index (χ2v) is 8.65. The fourth-order valence-corrected chi connectivity index (χ4v) is 4.19. The van der Waals surface area contributed by atoms with E-state index in [2.05, 4.69) is 45.2 Å². The Kier molecular flexibility index (Phi) is 5.45. The topological polar surface area (TPSA) is 61.6 Å². The van der Waals surface area contributed by atoms with Crippen LogP contribution in [0.4, 0.5) is 5.82 Å². The Morgan fingerprint density at radius 3 is 2.38 bits per heavy atom. The maximum absolute atomic E-state index is 10.3. The molecule has 1 aliphatic heterocycles. The lowest BCUT2D eigenvalue weighted by Crippen LogP contribution is -2.20. The van der Waals surface area contributed by atoms with Gasteiger partial charge in [-0.15, -0.1) is 0 Å². The molecule has 0 radical (unpaired) electrons.